The quantitative estimate of drug-likeness (QED) is 0.919. The molecular formula is C14H22ClN3O2S. The van der Waals surface area contributed by atoms with Crippen molar-refractivity contribution >= 4 is 29.0 Å². The number of rotatable bonds is 4. The number of carbonyl (C=O) groups is 1. The molecule has 5 nitrogen and oxygen atoms in total. The number of carbonyl (C=O) groups excluding carboxylic acids is 1. The minimum atomic E-state index is -0.447. The highest BCUT2D eigenvalue weighted by Crippen LogP contribution is 2.21. The van der Waals surface area contributed by atoms with Gasteiger partial charge in [-0.05, 0) is 33.6 Å². The van der Waals surface area contributed by atoms with Crippen molar-refractivity contribution in [1.29, 1.82) is 0 Å². The Balaban J connectivity index is 1.80. The van der Waals surface area contributed by atoms with E-state index in [2.05, 4.69) is 10.3 Å². The van der Waals surface area contributed by atoms with Crippen LogP contribution in [0.5, 0.6) is 0 Å². The van der Waals surface area contributed by atoms with Gasteiger partial charge in [0.05, 0.1) is 0 Å². The third kappa shape index (κ3) is 5.13. The predicted octanol–water partition coefficient (Wildman–Crippen LogP) is 3.29. The number of nitrogens with zero attached hydrogens (tertiary/aromatic N) is 2. The molecule has 1 N–H and O–H groups in total. The van der Waals surface area contributed by atoms with Gasteiger partial charge in [-0.1, -0.05) is 11.6 Å². The van der Waals surface area contributed by atoms with Crippen molar-refractivity contribution in [1.82, 2.24) is 15.2 Å². The summed E-state index contributed by atoms with van der Waals surface area (Å²) in [6.07, 6.45) is 3.60. The van der Waals surface area contributed by atoms with E-state index in [1.54, 1.807) is 6.20 Å². The van der Waals surface area contributed by atoms with E-state index in [9.17, 15) is 4.79 Å². The summed E-state index contributed by atoms with van der Waals surface area (Å²) in [5.41, 5.74) is -0.447. The van der Waals surface area contributed by atoms with Crippen LogP contribution >= 0.6 is 22.9 Å². The molecule has 7 heteroatoms. The third-order valence-electron chi connectivity index (χ3n) is 3.21. The topological polar surface area (TPSA) is 54.5 Å². The molecular weight excluding hydrogens is 310 g/mol. The van der Waals surface area contributed by atoms with Crippen LogP contribution in [0.15, 0.2) is 6.20 Å². The number of likely N-dealkylation sites (tertiary alicyclic amines) is 1. The molecule has 2 rings (SSSR count). The van der Waals surface area contributed by atoms with E-state index in [0.717, 1.165) is 37.4 Å². The Kier molecular flexibility index (Phi) is 5.46. The number of amides is 1. The average molecular weight is 332 g/mol. The maximum absolute atomic E-state index is 12.2. The molecule has 1 aliphatic rings. The molecule has 2 heterocycles. The molecule has 1 fully saturated rings. The number of aromatic nitrogens is 1. The molecule has 0 spiro atoms. The second-order valence-corrected chi connectivity index (χ2v) is 7.88. The van der Waals surface area contributed by atoms with Crippen LogP contribution in [0.25, 0.3) is 0 Å². The molecule has 0 aromatic carbocycles. The first-order valence-corrected chi connectivity index (χ1v) is 8.35. The summed E-state index contributed by atoms with van der Waals surface area (Å²) in [6, 6.07) is 0.197. The SMILES string of the molecule is CC(C)(C)OC(=O)N1CCCC1CNCc1cnc(Cl)s1. The number of hydrogen-bond acceptors (Lipinski definition) is 5. The largest absolute Gasteiger partial charge is 0.444 e. The summed E-state index contributed by atoms with van der Waals surface area (Å²) in [5, 5.41) is 3.37. The minimum Gasteiger partial charge on any atom is -0.444 e. The highest BCUT2D eigenvalue weighted by molar-refractivity contribution is 7.15. The summed E-state index contributed by atoms with van der Waals surface area (Å²) >= 11 is 7.27. The molecule has 0 saturated carbocycles. The smallest absolute Gasteiger partial charge is 0.410 e. The third-order valence-corrected chi connectivity index (χ3v) is 4.32. The first-order chi connectivity index (χ1) is 9.85. The maximum Gasteiger partial charge on any atom is 0.410 e. The van der Waals surface area contributed by atoms with Crippen LogP contribution in [0.3, 0.4) is 0 Å². The van der Waals surface area contributed by atoms with Gasteiger partial charge >= 0.3 is 6.09 Å². The van der Waals surface area contributed by atoms with Crippen molar-refractivity contribution < 1.29 is 9.53 Å². The summed E-state index contributed by atoms with van der Waals surface area (Å²) in [6.45, 7) is 7.93. The fraction of sp³-hybridized carbons (Fsp3) is 0.714. The van der Waals surface area contributed by atoms with Crippen LogP contribution in [0, 0.1) is 0 Å². The lowest BCUT2D eigenvalue weighted by molar-refractivity contribution is 0.0226. The lowest BCUT2D eigenvalue weighted by atomic mass is 10.2. The fourth-order valence-electron chi connectivity index (χ4n) is 2.34. The molecule has 1 aromatic rings. The maximum atomic E-state index is 12.2. The number of halogens is 1. The van der Waals surface area contributed by atoms with E-state index >= 15 is 0 Å². The van der Waals surface area contributed by atoms with Crippen LogP contribution < -0.4 is 5.32 Å². The van der Waals surface area contributed by atoms with Crippen molar-refractivity contribution in [2.75, 3.05) is 13.1 Å². The van der Waals surface area contributed by atoms with Crippen LogP contribution in [0.4, 0.5) is 4.79 Å². The zero-order valence-electron chi connectivity index (χ0n) is 12.7. The van der Waals surface area contributed by atoms with Crippen LogP contribution in [-0.2, 0) is 11.3 Å². The van der Waals surface area contributed by atoms with Gasteiger partial charge in [0, 0.05) is 36.8 Å². The van der Waals surface area contributed by atoms with E-state index in [4.69, 9.17) is 16.3 Å². The van der Waals surface area contributed by atoms with E-state index < -0.39 is 5.60 Å². The monoisotopic (exact) mass is 331 g/mol. The molecule has 1 saturated heterocycles. The molecule has 1 amide bonds. The summed E-state index contributed by atoms with van der Waals surface area (Å²) in [7, 11) is 0. The molecule has 1 aromatic heterocycles. The van der Waals surface area contributed by atoms with Gasteiger partial charge in [-0.3, -0.25) is 0 Å². The zero-order valence-corrected chi connectivity index (χ0v) is 14.3. The van der Waals surface area contributed by atoms with Gasteiger partial charge in [-0.25, -0.2) is 9.78 Å². The standard InChI is InChI=1S/C14H22ClN3O2S/c1-14(2,3)20-13(19)18-6-4-5-10(18)7-16-8-11-9-17-12(15)21-11/h9-10,16H,4-8H2,1-3H3. The summed E-state index contributed by atoms with van der Waals surface area (Å²) in [5.74, 6) is 0. The van der Waals surface area contributed by atoms with Crippen molar-refractivity contribution in [3.8, 4) is 0 Å². The Morgan fingerprint density at radius 2 is 2.38 bits per heavy atom. The highest BCUT2D eigenvalue weighted by Gasteiger charge is 2.31. The van der Waals surface area contributed by atoms with Gasteiger partial charge < -0.3 is 15.0 Å². The number of nitrogens with one attached hydrogen (secondary N) is 1. The van der Waals surface area contributed by atoms with Crippen LogP contribution in [-0.4, -0.2) is 40.7 Å². The first-order valence-electron chi connectivity index (χ1n) is 7.16. The Bertz CT molecular complexity index is 487. The normalized spacial score (nSPS) is 19.0. The number of ether oxygens (including phenoxy) is 1. The first kappa shape index (κ1) is 16.5. The van der Waals surface area contributed by atoms with Gasteiger partial charge in [0.25, 0.3) is 0 Å². The second-order valence-electron chi connectivity index (χ2n) is 6.18. The van der Waals surface area contributed by atoms with E-state index in [-0.39, 0.29) is 12.1 Å². The molecule has 118 valence electrons. The van der Waals surface area contributed by atoms with Crippen LogP contribution in [0.2, 0.25) is 4.47 Å². The Morgan fingerprint density at radius 1 is 1.62 bits per heavy atom. The van der Waals surface area contributed by atoms with Gasteiger partial charge in [-0.15, -0.1) is 11.3 Å². The number of hydrogen-bond donors (Lipinski definition) is 1. The van der Waals surface area contributed by atoms with Gasteiger partial charge in [-0.2, -0.15) is 0 Å². The van der Waals surface area contributed by atoms with Crippen LogP contribution in [0.1, 0.15) is 38.5 Å². The summed E-state index contributed by atoms with van der Waals surface area (Å²) in [4.78, 5) is 19.1. The number of thiazole rings is 1. The van der Waals surface area contributed by atoms with Crippen molar-refractivity contribution in [2.45, 2.75) is 51.8 Å². The van der Waals surface area contributed by atoms with E-state index in [1.807, 2.05) is 25.7 Å². The average Bonchev–Trinajstić information content (AvgIpc) is 2.96. The molecule has 1 atom stereocenters. The van der Waals surface area contributed by atoms with E-state index in [0.29, 0.717) is 4.47 Å². The second kappa shape index (κ2) is 6.94. The van der Waals surface area contributed by atoms with Gasteiger partial charge in [0.2, 0.25) is 0 Å². The van der Waals surface area contributed by atoms with E-state index in [1.165, 1.54) is 11.3 Å². The molecule has 21 heavy (non-hydrogen) atoms. The van der Waals surface area contributed by atoms with Crippen molar-refractivity contribution in [3.05, 3.63) is 15.5 Å². The Labute approximate surface area is 134 Å². The fourth-order valence-corrected chi connectivity index (χ4v) is 3.28. The molecule has 1 aliphatic heterocycles. The minimum absolute atomic E-state index is 0.197. The molecule has 0 radical (unpaired) electrons. The Hall–Kier alpha value is -0.850. The lowest BCUT2D eigenvalue weighted by Crippen LogP contribution is -2.43. The lowest BCUT2D eigenvalue weighted by Gasteiger charge is -2.28. The molecule has 0 aliphatic carbocycles. The van der Waals surface area contributed by atoms with Crippen molar-refractivity contribution in [2.24, 2.45) is 0 Å². The predicted molar refractivity (Wildman–Crippen MR) is 84.8 cm³/mol. The van der Waals surface area contributed by atoms with Crippen molar-refractivity contribution in [3.63, 3.8) is 0 Å². The molecule has 0 bridgehead atoms. The zero-order chi connectivity index (χ0) is 15.5. The molecule has 1 unspecified atom stereocenters. The highest BCUT2D eigenvalue weighted by atomic mass is 35.5. The van der Waals surface area contributed by atoms with Gasteiger partial charge in [0.1, 0.15) is 5.60 Å². The summed E-state index contributed by atoms with van der Waals surface area (Å²) < 4.78 is 6.01. The Morgan fingerprint density at radius 3 is 3.00 bits per heavy atom. The van der Waals surface area contributed by atoms with Gasteiger partial charge in [0.15, 0.2) is 4.47 Å².